The van der Waals surface area contributed by atoms with Gasteiger partial charge in [0.2, 0.25) is 19.5 Å². The van der Waals surface area contributed by atoms with Gasteiger partial charge in [0, 0.05) is 25.5 Å². The zero-order valence-electron chi connectivity index (χ0n) is 25.2. The Morgan fingerprint density at radius 1 is 0.625 bits per heavy atom. The summed E-state index contributed by atoms with van der Waals surface area (Å²) in [6.07, 6.45) is -5.79. The molecule has 10 aliphatic rings. The smallest absolute Gasteiger partial charge is 0.265 e. The van der Waals surface area contributed by atoms with Crippen LogP contribution in [0, 0.1) is 0 Å². The van der Waals surface area contributed by atoms with E-state index in [0.717, 1.165) is 43.2 Å². The van der Waals surface area contributed by atoms with Crippen LogP contribution in [0.1, 0.15) is 11.1 Å². The average molecular weight is 729 g/mol. The molecule has 48 heavy (non-hydrogen) atoms. The van der Waals surface area contributed by atoms with E-state index >= 15 is 0 Å². The molecule has 12 rings (SSSR count). The van der Waals surface area contributed by atoms with Gasteiger partial charge in [0.05, 0.1) is 24.0 Å². The third-order valence-corrected chi connectivity index (χ3v) is 19.4. The van der Waals surface area contributed by atoms with Crippen LogP contribution >= 0.6 is 43.2 Å². The molecule has 10 atom stereocenters. The van der Waals surface area contributed by atoms with Crippen molar-refractivity contribution < 1.29 is 39.6 Å². The van der Waals surface area contributed by atoms with Crippen LogP contribution in [-0.2, 0) is 30.0 Å². The Hall–Kier alpha value is -2.84. The van der Waals surface area contributed by atoms with Crippen molar-refractivity contribution in [3.63, 3.8) is 0 Å². The van der Waals surface area contributed by atoms with Crippen molar-refractivity contribution in [2.24, 2.45) is 0 Å². The highest BCUT2D eigenvalue weighted by atomic mass is 33.1. The number of aliphatic hydroxyl groups is 4. The standard InChI is InChI=1S/C30H28N6O8S4/c1-33-23(43)29-17(39)27(13-7-3-5-9-15(13)31-19(27)35(29)21(41)25(33,11-37)45-47-29)28-14-8-4-6-10-16(14)32-20(28)36-22(42)26(12-38)34(2)24(44)30(36,18(28)40)48-46-26/h3-10,17-20,31-32,37-40H,11-12H2,1-2H3/t17-,18-,19+,20+,25-,26-,27+,28?,29-,30-/m0/s1. The van der Waals surface area contributed by atoms with Gasteiger partial charge in [0.15, 0.2) is 0 Å². The maximum atomic E-state index is 14.7. The number of nitrogens with one attached hydrogen (secondary N) is 2. The van der Waals surface area contributed by atoms with Crippen LogP contribution < -0.4 is 10.6 Å². The largest absolute Gasteiger partial charge is 0.392 e. The van der Waals surface area contributed by atoms with Gasteiger partial charge in [-0.25, -0.2) is 0 Å². The number of aliphatic hydroxyl groups excluding tert-OH is 4. The number of carbonyl (C=O) groups excluding carboxylic acids is 4. The lowest BCUT2D eigenvalue weighted by atomic mass is 9.52. The Morgan fingerprint density at radius 3 is 1.38 bits per heavy atom. The maximum absolute atomic E-state index is 14.7. The Labute approximate surface area is 288 Å². The highest BCUT2D eigenvalue weighted by molar-refractivity contribution is 8.78. The molecule has 8 saturated heterocycles. The van der Waals surface area contributed by atoms with Gasteiger partial charge in [-0.1, -0.05) is 36.4 Å². The number of para-hydroxylation sites is 2. The minimum Gasteiger partial charge on any atom is -0.392 e. The summed E-state index contributed by atoms with van der Waals surface area (Å²) in [7, 11) is 6.89. The molecule has 0 radical (unpaired) electrons. The number of fused-ring (bicyclic) bond motifs is 11. The van der Waals surface area contributed by atoms with Gasteiger partial charge in [-0.15, -0.1) is 0 Å². The fourth-order valence-electron chi connectivity index (χ4n) is 10.0. The highest BCUT2D eigenvalue weighted by Gasteiger charge is 2.93. The van der Waals surface area contributed by atoms with Crippen LogP contribution in [0.2, 0.25) is 0 Å². The summed E-state index contributed by atoms with van der Waals surface area (Å²) < 4.78 is 0. The molecule has 6 N–H and O–H groups in total. The van der Waals surface area contributed by atoms with Crippen LogP contribution in [-0.4, -0.2) is 135 Å². The predicted molar refractivity (Wildman–Crippen MR) is 178 cm³/mol. The van der Waals surface area contributed by atoms with E-state index in [1.54, 1.807) is 48.5 Å². The molecule has 0 saturated carbocycles. The number of amides is 4. The molecule has 8 fully saturated rings. The zero-order chi connectivity index (χ0) is 33.6. The van der Waals surface area contributed by atoms with Gasteiger partial charge in [-0.2, -0.15) is 0 Å². The van der Waals surface area contributed by atoms with Gasteiger partial charge in [0.1, 0.15) is 24.5 Å². The number of anilines is 2. The third-order valence-electron chi connectivity index (χ3n) is 12.2. The highest BCUT2D eigenvalue weighted by Crippen LogP contribution is 2.78. The summed E-state index contributed by atoms with van der Waals surface area (Å²) in [5.74, 6) is -2.36. The van der Waals surface area contributed by atoms with Gasteiger partial charge < -0.3 is 40.9 Å². The maximum Gasteiger partial charge on any atom is 0.265 e. The quantitative estimate of drug-likeness (QED) is 0.218. The normalized spacial score (nSPS) is 45.5. The molecule has 18 heteroatoms. The lowest BCUT2D eigenvalue weighted by Gasteiger charge is -2.58. The molecule has 250 valence electrons. The zero-order valence-corrected chi connectivity index (χ0v) is 28.5. The summed E-state index contributed by atoms with van der Waals surface area (Å²) in [5, 5.41) is 54.7. The van der Waals surface area contributed by atoms with Gasteiger partial charge in [-0.05, 0) is 66.4 Å². The summed E-state index contributed by atoms with van der Waals surface area (Å²) in [4.78, 5) is 56.6. The molecule has 10 heterocycles. The first-order chi connectivity index (χ1) is 23.0. The van der Waals surface area contributed by atoms with Crippen LogP contribution in [0.4, 0.5) is 11.4 Å². The summed E-state index contributed by atoms with van der Waals surface area (Å²) in [5.41, 5.74) is -1.46. The van der Waals surface area contributed by atoms with Crippen LogP contribution in [0.3, 0.4) is 0 Å². The number of hydrogen-bond acceptors (Lipinski definition) is 14. The monoisotopic (exact) mass is 728 g/mol. The molecule has 4 bridgehead atoms. The first-order valence-corrected chi connectivity index (χ1v) is 19.5. The van der Waals surface area contributed by atoms with E-state index in [2.05, 4.69) is 10.6 Å². The molecule has 1 unspecified atom stereocenters. The number of likely N-dealkylation sites (N-methyl/N-ethyl adjacent to an activating group) is 2. The lowest BCUT2D eigenvalue weighted by Crippen LogP contribution is -2.79. The summed E-state index contributed by atoms with van der Waals surface area (Å²) >= 11 is 0. The number of rotatable bonds is 3. The molecule has 10 aliphatic heterocycles. The Balaban J connectivity index is 1.34. The van der Waals surface area contributed by atoms with Crippen LogP contribution in [0.15, 0.2) is 48.5 Å². The first kappa shape index (κ1) is 30.0. The number of benzene rings is 2. The van der Waals surface area contributed by atoms with E-state index in [-0.39, 0.29) is 0 Å². The van der Waals surface area contributed by atoms with Crippen molar-refractivity contribution >= 4 is 78.2 Å². The molecule has 2 aromatic carbocycles. The molecule has 14 nitrogen and oxygen atoms in total. The Bertz CT molecular complexity index is 1810. The molecule has 2 aromatic rings. The van der Waals surface area contributed by atoms with E-state index < -0.39 is 91.7 Å². The summed E-state index contributed by atoms with van der Waals surface area (Å²) in [6.45, 7) is -1.35. The fraction of sp³-hybridized carbons (Fsp3) is 0.467. The fourth-order valence-corrected chi connectivity index (χ4v) is 17.4. The van der Waals surface area contributed by atoms with Crippen molar-refractivity contribution in [3.05, 3.63) is 59.7 Å². The first-order valence-electron chi connectivity index (χ1n) is 15.2. The second kappa shape index (κ2) is 8.71. The average Bonchev–Trinajstić information content (AvgIpc) is 3.75. The van der Waals surface area contributed by atoms with E-state index in [1.807, 2.05) is 0 Å². The van der Waals surface area contributed by atoms with Crippen molar-refractivity contribution in [3.8, 4) is 0 Å². The molecule has 0 aromatic heterocycles. The minimum absolute atomic E-state index is 0.498. The van der Waals surface area contributed by atoms with Crippen molar-refractivity contribution in [1.29, 1.82) is 0 Å². The Kier molecular flexibility index (Phi) is 5.45. The second-order valence-electron chi connectivity index (χ2n) is 13.4. The molecule has 0 aliphatic carbocycles. The molecule has 4 amide bonds. The van der Waals surface area contributed by atoms with Crippen LogP contribution in [0.25, 0.3) is 0 Å². The van der Waals surface area contributed by atoms with Crippen molar-refractivity contribution in [2.45, 2.75) is 54.9 Å². The Morgan fingerprint density at radius 2 is 1.00 bits per heavy atom. The van der Waals surface area contributed by atoms with Crippen molar-refractivity contribution in [2.75, 3.05) is 37.9 Å². The van der Waals surface area contributed by atoms with E-state index in [9.17, 15) is 39.6 Å². The topological polar surface area (TPSA) is 186 Å². The molecule has 2 spiro atoms. The number of carbonyl (C=O) groups is 4. The second-order valence-corrected chi connectivity index (χ2v) is 18.7. The van der Waals surface area contributed by atoms with E-state index in [4.69, 9.17) is 0 Å². The van der Waals surface area contributed by atoms with Crippen LogP contribution in [0.5, 0.6) is 0 Å². The molecular formula is C30H28N6O8S4. The van der Waals surface area contributed by atoms with Crippen molar-refractivity contribution in [1.82, 2.24) is 19.6 Å². The summed E-state index contributed by atoms with van der Waals surface area (Å²) in [6, 6.07) is 14.2. The number of piperazine rings is 2. The molecular weight excluding hydrogens is 701 g/mol. The number of nitrogens with zero attached hydrogens (tertiary/aromatic N) is 4. The van der Waals surface area contributed by atoms with Gasteiger partial charge in [-0.3, -0.25) is 29.0 Å². The van der Waals surface area contributed by atoms with E-state index in [0.29, 0.717) is 22.5 Å². The van der Waals surface area contributed by atoms with Gasteiger partial charge in [0.25, 0.3) is 23.6 Å². The SMILES string of the molecule is CN1C(=O)[C@]23SS[C@@]1(CO)C(=O)N2[C@H]1Nc2ccccc2C1([C@@]12c4ccccc4N[C@@H]1N1C(=O)[C@]4(CO)SS[C@]1(C(=O)N4C)[C@H]2O)[C@@H]3O. The number of hydrogen-bond donors (Lipinski definition) is 6. The predicted octanol–water partition coefficient (Wildman–Crippen LogP) is -0.724. The third kappa shape index (κ3) is 2.47. The lowest BCUT2D eigenvalue weighted by molar-refractivity contribution is -0.169. The van der Waals surface area contributed by atoms with Gasteiger partial charge >= 0.3 is 0 Å². The van der Waals surface area contributed by atoms with E-state index in [1.165, 1.54) is 33.7 Å². The minimum atomic E-state index is -1.91.